The summed E-state index contributed by atoms with van der Waals surface area (Å²) in [6.45, 7) is 9.23. The van der Waals surface area contributed by atoms with Crippen molar-refractivity contribution in [3.05, 3.63) is 65.4 Å². The molecule has 1 aliphatic heterocycles. The van der Waals surface area contributed by atoms with Crippen molar-refractivity contribution < 1.29 is 9.90 Å². The first-order chi connectivity index (χ1) is 14.9. The van der Waals surface area contributed by atoms with Crippen molar-refractivity contribution in [2.24, 2.45) is 0 Å². The van der Waals surface area contributed by atoms with Crippen molar-refractivity contribution >= 4 is 16.8 Å². The highest BCUT2D eigenvalue weighted by Crippen LogP contribution is 2.29. The number of phenols is 1. The number of rotatable bonds is 6. The lowest BCUT2D eigenvalue weighted by atomic mass is 9.99. The van der Waals surface area contributed by atoms with Crippen LogP contribution in [0.1, 0.15) is 48.3 Å². The molecule has 5 heteroatoms. The Labute approximate surface area is 184 Å². The van der Waals surface area contributed by atoms with Crippen molar-refractivity contribution in [1.82, 2.24) is 14.8 Å². The minimum Gasteiger partial charge on any atom is -0.508 e. The smallest absolute Gasteiger partial charge is 0.256 e. The van der Waals surface area contributed by atoms with Crippen LogP contribution < -0.4 is 0 Å². The van der Waals surface area contributed by atoms with E-state index < -0.39 is 0 Å². The third kappa shape index (κ3) is 4.62. The SMILES string of the molecule is Cc1[nH]c2ccc(O)cc2c1C(=O)N(C(C)C)C1CCN(CCc2ccccc2)CC1. The number of fused-ring (bicyclic) bond motifs is 1. The number of aromatic amines is 1. The van der Waals surface area contributed by atoms with E-state index in [1.165, 1.54) is 5.56 Å². The Morgan fingerprint density at radius 2 is 1.87 bits per heavy atom. The molecule has 0 saturated carbocycles. The number of nitrogens with one attached hydrogen (secondary N) is 1. The molecule has 1 aliphatic rings. The van der Waals surface area contributed by atoms with E-state index in [9.17, 15) is 9.90 Å². The highest BCUT2D eigenvalue weighted by atomic mass is 16.3. The Hall–Kier alpha value is -2.79. The molecule has 1 saturated heterocycles. The lowest BCUT2D eigenvalue weighted by molar-refractivity contribution is 0.0487. The summed E-state index contributed by atoms with van der Waals surface area (Å²) in [5.41, 5.74) is 3.81. The lowest BCUT2D eigenvalue weighted by Gasteiger charge is -2.40. The highest BCUT2D eigenvalue weighted by Gasteiger charge is 2.32. The van der Waals surface area contributed by atoms with Gasteiger partial charge in [0.05, 0.1) is 5.56 Å². The molecule has 2 aromatic carbocycles. The molecular formula is C26H33N3O2. The van der Waals surface area contributed by atoms with E-state index in [1.807, 2.05) is 13.0 Å². The van der Waals surface area contributed by atoms with Crippen LogP contribution in [0.4, 0.5) is 0 Å². The fourth-order valence-corrected chi connectivity index (χ4v) is 4.89. The summed E-state index contributed by atoms with van der Waals surface area (Å²) in [5, 5.41) is 10.8. The Morgan fingerprint density at radius 3 is 2.55 bits per heavy atom. The maximum Gasteiger partial charge on any atom is 0.256 e. The molecule has 1 aromatic heterocycles. The molecule has 4 rings (SSSR count). The van der Waals surface area contributed by atoms with Gasteiger partial charge in [0.15, 0.2) is 0 Å². The number of benzene rings is 2. The second-order valence-electron chi connectivity index (χ2n) is 8.97. The third-order valence-electron chi connectivity index (χ3n) is 6.48. The first kappa shape index (κ1) is 21.4. The van der Waals surface area contributed by atoms with E-state index in [1.54, 1.807) is 12.1 Å². The number of amides is 1. The molecule has 3 aromatic rings. The summed E-state index contributed by atoms with van der Waals surface area (Å²) in [5.74, 6) is 0.246. The lowest BCUT2D eigenvalue weighted by Crippen LogP contribution is -2.50. The molecule has 164 valence electrons. The molecule has 1 fully saturated rings. The van der Waals surface area contributed by atoms with Crippen LogP contribution in [0.3, 0.4) is 0 Å². The third-order valence-corrected chi connectivity index (χ3v) is 6.48. The van der Waals surface area contributed by atoms with Crippen LogP contribution >= 0.6 is 0 Å². The zero-order valence-corrected chi connectivity index (χ0v) is 18.8. The van der Waals surface area contributed by atoms with E-state index in [4.69, 9.17) is 0 Å². The van der Waals surface area contributed by atoms with E-state index in [-0.39, 0.29) is 23.7 Å². The van der Waals surface area contributed by atoms with Crippen LogP contribution in [0.25, 0.3) is 10.9 Å². The van der Waals surface area contributed by atoms with Crippen molar-refractivity contribution in [2.75, 3.05) is 19.6 Å². The van der Waals surface area contributed by atoms with Gasteiger partial charge in [0.25, 0.3) is 5.91 Å². The van der Waals surface area contributed by atoms with Gasteiger partial charge in [-0.3, -0.25) is 4.79 Å². The van der Waals surface area contributed by atoms with Gasteiger partial charge in [0, 0.05) is 48.3 Å². The normalized spacial score (nSPS) is 15.6. The molecular weight excluding hydrogens is 386 g/mol. The van der Waals surface area contributed by atoms with Gasteiger partial charge in [-0.1, -0.05) is 30.3 Å². The molecule has 1 amide bonds. The number of hydrogen-bond donors (Lipinski definition) is 2. The highest BCUT2D eigenvalue weighted by molar-refractivity contribution is 6.08. The second-order valence-corrected chi connectivity index (χ2v) is 8.97. The number of aromatic nitrogens is 1. The van der Waals surface area contributed by atoms with Crippen molar-refractivity contribution in [3.8, 4) is 5.75 Å². The number of carbonyl (C=O) groups excluding carboxylic acids is 1. The monoisotopic (exact) mass is 419 g/mol. The van der Waals surface area contributed by atoms with E-state index in [0.29, 0.717) is 5.56 Å². The maximum absolute atomic E-state index is 13.7. The second kappa shape index (κ2) is 9.15. The average Bonchev–Trinajstić information content (AvgIpc) is 3.08. The standard InChI is InChI=1S/C26H33N3O2/c1-18(2)29(26(31)25-19(3)27-24-10-9-22(30)17-23(24)25)21-12-15-28(16-13-21)14-11-20-7-5-4-6-8-20/h4-10,17-18,21,27,30H,11-16H2,1-3H3. The van der Waals surface area contributed by atoms with E-state index in [0.717, 1.165) is 55.5 Å². The summed E-state index contributed by atoms with van der Waals surface area (Å²) < 4.78 is 0. The molecule has 0 atom stereocenters. The Bertz CT molecular complexity index is 1030. The minimum atomic E-state index is 0.0621. The number of likely N-dealkylation sites (tertiary alicyclic amines) is 1. The number of H-pyrrole nitrogens is 1. The number of carbonyl (C=O) groups is 1. The largest absolute Gasteiger partial charge is 0.508 e. The number of phenolic OH excluding ortho intramolecular Hbond substituents is 1. The number of piperidine rings is 1. The first-order valence-corrected chi connectivity index (χ1v) is 11.3. The zero-order chi connectivity index (χ0) is 22.0. The fraction of sp³-hybridized carbons (Fsp3) is 0.423. The van der Waals surface area contributed by atoms with Crippen LogP contribution in [0.5, 0.6) is 5.75 Å². The van der Waals surface area contributed by atoms with Crippen LogP contribution in [0, 0.1) is 6.92 Å². The van der Waals surface area contributed by atoms with Crippen LogP contribution in [0.2, 0.25) is 0 Å². The van der Waals surface area contributed by atoms with E-state index >= 15 is 0 Å². The maximum atomic E-state index is 13.7. The molecule has 5 nitrogen and oxygen atoms in total. The number of hydrogen-bond acceptors (Lipinski definition) is 3. The Morgan fingerprint density at radius 1 is 1.16 bits per heavy atom. The van der Waals surface area contributed by atoms with Gasteiger partial charge in [0.1, 0.15) is 5.75 Å². The van der Waals surface area contributed by atoms with E-state index in [2.05, 4.69) is 59.0 Å². The van der Waals surface area contributed by atoms with Gasteiger partial charge in [-0.05, 0) is 63.8 Å². The molecule has 2 N–H and O–H groups in total. The van der Waals surface area contributed by atoms with Gasteiger partial charge in [-0.2, -0.15) is 0 Å². The van der Waals surface area contributed by atoms with Crippen LogP contribution in [-0.4, -0.2) is 57.5 Å². The number of aryl methyl sites for hydroxylation is 1. The summed E-state index contributed by atoms with van der Waals surface area (Å²) >= 11 is 0. The molecule has 0 unspecified atom stereocenters. The van der Waals surface area contributed by atoms with Crippen molar-refractivity contribution in [3.63, 3.8) is 0 Å². The van der Waals surface area contributed by atoms with Gasteiger partial charge in [0.2, 0.25) is 0 Å². The number of nitrogens with zero attached hydrogens (tertiary/aromatic N) is 2. The molecule has 0 spiro atoms. The van der Waals surface area contributed by atoms with Gasteiger partial charge < -0.3 is 19.9 Å². The van der Waals surface area contributed by atoms with Gasteiger partial charge in [-0.15, -0.1) is 0 Å². The molecule has 2 heterocycles. The summed E-state index contributed by atoms with van der Waals surface area (Å²) in [6.07, 6.45) is 3.05. The fourth-order valence-electron chi connectivity index (χ4n) is 4.89. The summed E-state index contributed by atoms with van der Waals surface area (Å²) in [7, 11) is 0. The van der Waals surface area contributed by atoms with Crippen molar-refractivity contribution in [2.45, 2.75) is 52.1 Å². The van der Waals surface area contributed by atoms with Crippen molar-refractivity contribution in [1.29, 1.82) is 0 Å². The summed E-state index contributed by atoms with van der Waals surface area (Å²) in [6, 6.07) is 16.2. The number of aromatic hydroxyl groups is 1. The Kier molecular flexibility index (Phi) is 6.33. The van der Waals surface area contributed by atoms with Gasteiger partial charge >= 0.3 is 0 Å². The Balaban J connectivity index is 1.46. The van der Waals surface area contributed by atoms with Crippen LogP contribution in [-0.2, 0) is 6.42 Å². The molecule has 0 bridgehead atoms. The topological polar surface area (TPSA) is 59.6 Å². The quantitative estimate of drug-likeness (QED) is 0.607. The average molecular weight is 420 g/mol. The summed E-state index contributed by atoms with van der Waals surface area (Å²) in [4.78, 5) is 21.6. The molecule has 0 aliphatic carbocycles. The predicted octanol–water partition coefficient (Wildman–Crippen LogP) is 4.74. The predicted molar refractivity (Wildman–Crippen MR) is 126 cm³/mol. The van der Waals surface area contributed by atoms with Gasteiger partial charge in [-0.25, -0.2) is 0 Å². The minimum absolute atomic E-state index is 0.0621. The molecule has 0 radical (unpaired) electrons. The first-order valence-electron chi connectivity index (χ1n) is 11.3. The van der Waals surface area contributed by atoms with Crippen LogP contribution in [0.15, 0.2) is 48.5 Å². The molecule has 31 heavy (non-hydrogen) atoms. The zero-order valence-electron chi connectivity index (χ0n) is 18.8.